The third kappa shape index (κ3) is 6.85. The van der Waals surface area contributed by atoms with E-state index in [0.29, 0.717) is 43.5 Å². The van der Waals surface area contributed by atoms with Gasteiger partial charge in [0.15, 0.2) is 4.34 Å². The van der Waals surface area contributed by atoms with Crippen LogP contribution in [0.5, 0.6) is 0 Å². The average molecular weight is 576 g/mol. The Morgan fingerprint density at radius 2 is 1.95 bits per heavy atom. The number of nitro benzene ring substituents is 1. The van der Waals surface area contributed by atoms with Gasteiger partial charge < -0.3 is 15.0 Å². The van der Waals surface area contributed by atoms with Gasteiger partial charge in [0.2, 0.25) is 5.91 Å². The molecule has 1 aromatic heterocycles. The van der Waals surface area contributed by atoms with Crippen LogP contribution in [0.1, 0.15) is 30.9 Å². The van der Waals surface area contributed by atoms with Crippen molar-refractivity contribution in [2.24, 2.45) is 4.99 Å². The molecule has 0 atom stereocenters. The van der Waals surface area contributed by atoms with Crippen LogP contribution in [0.4, 0.5) is 22.7 Å². The minimum absolute atomic E-state index is 0.0574. The molecule has 5 rings (SSSR count). The number of anilines is 2. The highest BCUT2D eigenvalue weighted by molar-refractivity contribution is 8.01. The summed E-state index contributed by atoms with van der Waals surface area (Å²) in [4.78, 5) is 35.0. The standard InChI is InChI=1S/C29H29N5O4S2/c1-19(2)21-4-6-22(7-5-21)31-28(35)18-39-29-32-24-9-8-23(16-27(24)40-29)30-17-20-3-10-25(26(15-20)34(36)37)33-11-13-38-14-12-33/h3-10,15-17,19H,11-14,18H2,1-2H3,(H,31,35). The number of benzene rings is 3. The Hall–Kier alpha value is -3.80. The number of nitrogens with zero attached hydrogens (tertiary/aromatic N) is 4. The van der Waals surface area contributed by atoms with E-state index in [0.717, 1.165) is 25.9 Å². The number of carbonyl (C=O) groups excluding carboxylic acids is 1. The van der Waals surface area contributed by atoms with E-state index in [1.807, 2.05) is 53.4 Å². The molecule has 0 radical (unpaired) electrons. The first-order chi connectivity index (χ1) is 19.4. The van der Waals surface area contributed by atoms with Gasteiger partial charge in [-0.05, 0) is 53.4 Å². The Morgan fingerprint density at radius 3 is 2.67 bits per heavy atom. The Balaban J connectivity index is 1.22. The van der Waals surface area contributed by atoms with Crippen LogP contribution >= 0.6 is 23.1 Å². The molecule has 0 unspecified atom stereocenters. The molecule has 0 bridgehead atoms. The molecule has 40 heavy (non-hydrogen) atoms. The van der Waals surface area contributed by atoms with E-state index < -0.39 is 0 Å². The Kier molecular flexibility index (Phi) is 8.73. The van der Waals surface area contributed by atoms with Gasteiger partial charge in [0, 0.05) is 31.1 Å². The van der Waals surface area contributed by atoms with Gasteiger partial charge in [0.25, 0.3) is 5.69 Å². The number of thioether (sulfide) groups is 1. The SMILES string of the molecule is CC(C)c1ccc(NC(=O)CSc2nc3ccc(N=Cc4ccc(N5CCOCC5)c([N+](=O)[O-])c4)cc3s2)cc1. The summed E-state index contributed by atoms with van der Waals surface area (Å²) in [5.74, 6) is 0.621. The smallest absolute Gasteiger partial charge is 0.293 e. The summed E-state index contributed by atoms with van der Waals surface area (Å²) in [6.45, 7) is 6.63. The van der Waals surface area contributed by atoms with E-state index in [1.54, 1.807) is 18.3 Å². The topological polar surface area (TPSA) is 110 Å². The molecule has 1 aliphatic rings. The largest absolute Gasteiger partial charge is 0.378 e. The number of nitrogens with one attached hydrogen (secondary N) is 1. The summed E-state index contributed by atoms with van der Waals surface area (Å²) in [5, 5.41) is 14.7. The van der Waals surface area contributed by atoms with Crippen LogP contribution in [0.15, 0.2) is 70.0 Å². The van der Waals surface area contributed by atoms with Crippen LogP contribution in [0.2, 0.25) is 0 Å². The lowest BCUT2D eigenvalue weighted by Crippen LogP contribution is -2.36. The van der Waals surface area contributed by atoms with Crippen molar-refractivity contribution in [1.82, 2.24) is 4.98 Å². The molecule has 1 saturated heterocycles. The summed E-state index contributed by atoms with van der Waals surface area (Å²) < 4.78 is 7.12. The zero-order chi connectivity index (χ0) is 28.1. The maximum atomic E-state index is 12.4. The highest BCUT2D eigenvalue weighted by Gasteiger charge is 2.21. The number of ether oxygens (including phenoxy) is 1. The molecule has 1 aliphatic heterocycles. The highest BCUT2D eigenvalue weighted by Crippen LogP contribution is 2.33. The maximum Gasteiger partial charge on any atom is 0.293 e. The predicted octanol–water partition coefficient (Wildman–Crippen LogP) is 6.65. The summed E-state index contributed by atoms with van der Waals surface area (Å²) in [7, 11) is 0. The van der Waals surface area contributed by atoms with Gasteiger partial charge in [0.05, 0.1) is 39.8 Å². The maximum absolute atomic E-state index is 12.4. The lowest BCUT2D eigenvalue weighted by molar-refractivity contribution is -0.384. The first kappa shape index (κ1) is 27.8. The number of fused-ring (bicyclic) bond motifs is 1. The molecule has 11 heteroatoms. The van der Waals surface area contributed by atoms with Crippen LogP contribution in [-0.4, -0.2) is 54.1 Å². The van der Waals surface area contributed by atoms with Gasteiger partial charge in [-0.25, -0.2) is 4.98 Å². The zero-order valence-electron chi connectivity index (χ0n) is 22.2. The molecule has 0 aliphatic carbocycles. The Morgan fingerprint density at radius 1 is 1.18 bits per heavy atom. The lowest BCUT2D eigenvalue weighted by atomic mass is 10.0. The second-order valence-electron chi connectivity index (χ2n) is 9.61. The third-order valence-corrected chi connectivity index (χ3v) is 8.61. The molecule has 1 amide bonds. The second kappa shape index (κ2) is 12.6. The molecule has 206 valence electrons. The van der Waals surface area contributed by atoms with E-state index in [2.05, 4.69) is 29.1 Å². The monoisotopic (exact) mass is 575 g/mol. The molecular weight excluding hydrogens is 546 g/mol. The first-order valence-electron chi connectivity index (χ1n) is 12.9. The minimum atomic E-state index is -0.354. The van der Waals surface area contributed by atoms with Crippen molar-refractivity contribution >= 4 is 68.2 Å². The van der Waals surface area contributed by atoms with Crippen molar-refractivity contribution in [2.45, 2.75) is 24.1 Å². The van der Waals surface area contributed by atoms with Gasteiger partial charge in [0.1, 0.15) is 5.69 Å². The lowest BCUT2D eigenvalue weighted by Gasteiger charge is -2.28. The van der Waals surface area contributed by atoms with Gasteiger partial charge in [-0.15, -0.1) is 11.3 Å². The fraction of sp³-hybridized carbons (Fsp3) is 0.276. The normalized spacial score (nSPS) is 13.8. The quantitative estimate of drug-likeness (QED) is 0.103. The van der Waals surface area contributed by atoms with E-state index in [9.17, 15) is 14.9 Å². The molecule has 0 spiro atoms. The molecule has 3 aromatic carbocycles. The van der Waals surface area contributed by atoms with Crippen LogP contribution in [0, 0.1) is 10.1 Å². The first-order valence-corrected chi connectivity index (χ1v) is 14.7. The molecule has 9 nitrogen and oxygen atoms in total. The summed E-state index contributed by atoms with van der Waals surface area (Å²) in [5.41, 5.74) is 4.86. The molecular formula is C29H29N5O4S2. The number of nitro groups is 1. The van der Waals surface area contributed by atoms with Crippen molar-refractivity contribution in [3.8, 4) is 0 Å². The molecule has 1 fully saturated rings. The van der Waals surface area contributed by atoms with Crippen molar-refractivity contribution < 1.29 is 14.5 Å². The van der Waals surface area contributed by atoms with Crippen LogP contribution in [0.25, 0.3) is 10.2 Å². The molecule has 1 N–H and O–H groups in total. The fourth-order valence-electron chi connectivity index (χ4n) is 4.30. The number of rotatable bonds is 9. The van der Waals surface area contributed by atoms with E-state index in [1.165, 1.54) is 28.7 Å². The second-order valence-corrected chi connectivity index (χ2v) is 11.9. The molecule has 4 aromatic rings. The number of morpholine rings is 1. The Bertz CT molecular complexity index is 1550. The zero-order valence-corrected chi connectivity index (χ0v) is 23.8. The molecule has 0 saturated carbocycles. The van der Waals surface area contributed by atoms with Crippen molar-refractivity contribution in [3.63, 3.8) is 0 Å². The number of thiazole rings is 1. The number of hydrogen-bond donors (Lipinski definition) is 1. The van der Waals surface area contributed by atoms with Gasteiger partial charge >= 0.3 is 0 Å². The van der Waals surface area contributed by atoms with E-state index in [4.69, 9.17) is 4.74 Å². The number of aliphatic imine (C=N–C) groups is 1. The van der Waals surface area contributed by atoms with Crippen molar-refractivity contribution in [2.75, 3.05) is 42.3 Å². The summed E-state index contributed by atoms with van der Waals surface area (Å²) in [6.07, 6.45) is 1.63. The number of hydrogen-bond acceptors (Lipinski definition) is 9. The fourth-order valence-corrected chi connectivity index (χ4v) is 6.20. The number of aromatic nitrogens is 1. The Labute approximate surface area is 240 Å². The minimum Gasteiger partial charge on any atom is -0.378 e. The van der Waals surface area contributed by atoms with E-state index in [-0.39, 0.29) is 22.3 Å². The molecule has 2 heterocycles. The number of carbonyl (C=O) groups is 1. The number of amides is 1. The van der Waals surface area contributed by atoms with Crippen molar-refractivity contribution in [1.29, 1.82) is 0 Å². The van der Waals surface area contributed by atoms with Crippen LogP contribution in [0.3, 0.4) is 0 Å². The van der Waals surface area contributed by atoms with Gasteiger partial charge in [-0.2, -0.15) is 0 Å². The van der Waals surface area contributed by atoms with E-state index >= 15 is 0 Å². The van der Waals surface area contributed by atoms with Gasteiger partial charge in [-0.1, -0.05) is 43.8 Å². The highest BCUT2D eigenvalue weighted by atomic mass is 32.2. The van der Waals surface area contributed by atoms with Crippen molar-refractivity contribution in [3.05, 3.63) is 81.9 Å². The van der Waals surface area contributed by atoms with Crippen LogP contribution < -0.4 is 10.2 Å². The third-order valence-electron chi connectivity index (χ3n) is 6.45. The summed E-state index contributed by atoms with van der Waals surface area (Å²) in [6, 6.07) is 18.8. The summed E-state index contributed by atoms with van der Waals surface area (Å²) >= 11 is 2.90. The average Bonchev–Trinajstić information content (AvgIpc) is 3.38. The van der Waals surface area contributed by atoms with Crippen LogP contribution in [-0.2, 0) is 9.53 Å². The van der Waals surface area contributed by atoms with Gasteiger partial charge in [-0.3, -0.25) is 19.9 Å². The predicted molar refractivity (Wildman–Crippen MR) is 163 cm³/mol.